The number of nitrogens with zero attached hydrogens (tertiary/aromatic N) is 3. The molecule has 1 saturated heterocycles. The molecule has 0 saturated carbocycles. The molecule has 3 amide bonds. The van der Waals surface area contributed by atoms with Crippen LogP contribution in [0.15, 0.2) is 60.2 Å². The highest BCUT2D eigenvalue weighted by atomic mass is 35.5. The second-order valence-corrected chi connectivity index (χ2v) is 8.73. The summed E-state index contributed by atoms with van der Waals surface area (Å²) in [7, 11) is 0. The quantitative estimate of drug-likeness (QED) is 0.203. The minimum absolute atomic E-state index is 0.0165. The summed E-state index contributed by atoms with van der Waals surface area (Å²) in [4.78, 5) is 63.4. The normalized spacial score (nSPS) is 19.5. The highest BCUT2D eigenvalue weighted by Gasteiger charge is 2.51. The molecule has 4 rings (SSSR count). The van der Waals surface area contributed by atoms with E-state index in [9.17, 15) is 29.3 Å². The van der Waals surface area contributed by atoms with Crippen LogP contribution in [0.3, 0.4) is 0 Å². The summed E-state index contributed by atoms with van der Waals surface area (Å²) < 4.78 is 0. The van der Waals surface area contributed by atoms with Gasteiger partial charge in [-0.25, -0.2) is 5.01 Å². The lowest BCUT2D eigenvalue weighted by Crippen LogP contribution is -2.52. The Kier molecular flexibility index (Phi) is 6.30. The number of carbonyl (C=O) groups is 4. The first kappa shape index (κ1) is 23.3. The molecule has 2 aromatic carbocycles. The lowest BCUT2D eigenvalue weighted by atomic mass is 9.82. The lowest BCUT2D eigenvalue weighted by Gasteiger charge is -2.30. The molecule has 2 atom stereocenters. The van der Waals surface area contributed by atoms with Gasteiger partial charge in [-0.15, -0.1) is 0 Å². The van der Waals surface area contributed by atoms with Gasteiger partial charge in [-0.1, -0.05) is 35.4 Å². The fourth-order valence-corrected chi connectivity index (χ4v) is 4.38. The zero-order chi connectivity index (χ0) is 24.6. The number of amides is 3. The molecule has 0 radical (unpaired) electrons. The molecule has 0 bridgehead atoms. The van der Waals surface area contributed by atoms with Gasteiger partial charge in [0.25, 0.3) is 23.4 Å². The number of fused-ring (bicyclic) bond motifs is 1. The molecule has 0 spiro atoms. The molecular formula is C24H20ClN3O6. The van der Waals surface area contributed by atoms with Crippen molar-refractivity contribution < 1.29 is 24.1 Å². The van der Waals surface area contributed by atoms with Crippen molar-refractivity contribution in [2.45, 2.75) is 19.8 Å². The van der Waals surface area contributed by atoms with E-state index in [1.54, 1.807) is 0 Å². The SMILES string of the molecule is CC1=CC[C@H]2C(=O)N(N(CC(=O)c3cccc([N+](=O)[O-])c3)C(=O)c3ccc(Cl)cc3)C(=O)[C@H]2C1. The van der Waals surface area contributed by atoms with Crippen molar-refractivity contribution in [3.05, 3.63) is 86.4 Å². The van der Waals surface area contributed by atoms with E-state index in [1.165, 1.54) is 42.5 Å². The van der Waals surface area contributed by atoms with Crippen LogP contribution < -0.4 is 0 Å². The predicted molar refractivity (Wildman–Crippen MR) is 122 cm³/mol. The number of nitro benzene ring substituents is 1. The Labute approximate surface area is 199 Å². The van der Waals surface area contributed by atoms with Crippen LogP contribution in [0.4, 0.5) is 5.69 Å². The van der Waals surface area contributed by atoms with Crippen molar-refractivity contribution in [2.24, 2.45) is 11.8 Å². The third kappa shape index (κ3) is 4.34. The van der Waals surface area contributed by atoms with E-state index >= 15 is 0 Å². The number of hydrogen-bond donors (Lipinski definition) is 0. The van der Waals surface area contributed by atoms with E-state index in [0.717, 1.165) is 21.7 Å². The van der Waals surface area contributed by atoms with Crippen molar-refractivity contribution in [2.75, 3.05) is 6.54 Å². The zero-order valence-electron chi connectivity index (χ0n) is 18.1. The summed E-state index contributed by atoms with van der Waals surface area (Å²) in [5, 5.41) is 13.1. The average Bonchev–Trinajstić information content (AvgIpc) is 3.06. The molecule has 10 heteroatoms. The summed E-state index contributed by atoms with van der Waals surface area (Å²) >= 11 is 5.91. The van der Waals surface area contributed by atoms with Crippen LogP contribution in [0.5, 0.6) is 0 Å². The second kappa shape index (κ2) is 9.18. The van der Waals surface area contributed by atoms with Gasteiger partial charge in [0.15, 0.2) is 5.78 Å². The maximum absolute atomic E-state index is 13.4. The molecule has 1 aliphatic heterocycles. The summed E-state index contributed by atoms with van der Waals surface area (Å²) in [5.41, 5.74) is 0.799. The number of Topliss-reactive ketones (excluding diaryl/α,β-unsaturated/α-hetero) is 1. The number of non-ortho nitro benzene ring substituents is 1. The molecule has 1 aliphatic carbocycles. The Morgan fingerprint density at radius 3 is 2.44 bits per heavy atom. The largest absolute Gasteiger partial charge is 0.292 e. The molecule has 0 aromatic heterocycles. The van der Waals surface area contributed by atoms with Crippen molar-refractivity contribution in [3.8, 4) is 0 Å². The molecule has 34 heavy (non-hydrogen) atoms. The van der Waals surface area contributed by atoms with Crippen LogP contribution >= 0.6 is 11.6 Å². The number of hydrogen-bond acceptors (Lipinski definition) is 6. The van der Waals surface area contributed by atoms with E-state index in [4.69, 9.17) is 11.6 Å². The molecule has 2 aliphatic rings. The Morgan fingerprint density at radius 2 is 1.76 bits per heavy atom. The molecule has 1 fully saturated rings. The number of rotatable bonds is 6. The number of carbonyl (C=O) groups excluding carboxylic acids is 4. The van der Waals surface area contributed by atoms with E-state index in [0.29, 0.717) is 17.9 Å². The van der Waals surface area contributed by atoms with Crippen LogP contribution in [-0.2, 0) is 9.59 Å². The highest BCUT2D eigenvalue weighted by Crippen LogP contribution is 2.38. The van der Waals surface area contributed by atoms with Gasteiger partial charge in [0.2, 0.25) is 0 Å². The van der Waals surface area contributed by atoms with Gasteiger partial charge in [-0.3, -0.25) is 29.3 Å². The predicted octanol–water partition coefficient (Wildman–Crippen LogP) is 3.83. The zero-order valence-corrected chi connectivity index (χ0v) is 18.9. The van der Waals surface area contributed by atoms with E-state index in [-0.39, 0.29) is 16.8 Å². The Hall–Kier alpha value is -3.85. The number of allylic oxidation sites excluding steroid dienone is 2. The number of imide groups is 1. The number of hydrazine groups is 1. The smallest absolute Gasteiger partial charge is 0.273 e. The number of benzene rings is 2. The van der Waals surface area contributed by atoms with Gasteiger partial charge in [0.1, 0.15) is 6.54 Å². The minimum atomic E-state index is -0.736. The van der Waals surface area contributed by atoms with Crippen LogP contribution in [0.25, 0.3) is 0 Å². The number of nitro groups is 1. The summed E-state index contributed by atoms with van der Waals surface area (Å²) in [6.45, 7) is 1.23. The minimum Gasteiger partial charge on any atom is -0.292 e. The van der Waals surface area contributed by atoms with Crippen molar-refractivity contribution in [1.82, 2.24) is 10.0 Å². The number of ketones is 1. The molecule has 174 valence electrons. The number of halogens is 1. The highest BCUT2D eigenvalue weighted by molar-refractivity contribution is 6.30. The fourth-order valence-electron chi connectivity index (χ4n) is 4.25. The molecule has 2 aromatic rings. The van der Waals surface area contributed by atoms with Gasteiger partial charge in [0, 0.05) is 28.3 Å². The Bertz CT molecular complexity index is 1240. The third-order valence-electron chi connectivity index (χ3n) is 6.04. The summed E-state index contributed by atoms with van der Waals surface area (Å²) in [6, 6.07) is 10.9. The monoisotopic (exact) mass is 481 g/mol. The standard InChI is InChI=1S/C24H20ClN3O6/c1-14-5-10-19-20(11-14)24(32)27(23(19)31)26(22(30)15-6-8-17(25)9-7-15)13-21(29)16-3-2-4-18(12-16)28(33)34/h2-9,12,19-20H,10-11,13H2,1H3/t19-,20+/m1/s1. The average molecular weight is 482 g/mol. The molecule has 0 unspecified atom stereocenters. The van der Waals surface area contributed by atoms with Gasteiger partial charge >= 0.3 is 0 Å². The van der Waals surface area contributed by atoms with E-state index in [2.05, 4.69) is 0 Å². The summed E-state index contributed by atoms with van der Waals surface area (Å²) in [6.07, 6.45) is 2.67. The molecule has 9 nitrogen and oxygen atoms in total. The Balaban J connectivity index is 1.70. The second-order valence-electron chi connectivity index (χ2n) is 8.29. The van der Waals surface area contributed by atoms with Gasteiger partial charge < -0.3 is 0 Å². The van der Waals surface area contributed by atoms with Gasteiger partial charge in [0.05, 0.1) is 16.8 Å². The van der Waals surface area contributed by atoms with Crippen molar-refractivity contribution in [3.63, 3.8) is 0 Å². The maximum Gasteiger partial charge on any atom is 0.273 e. The van der Waals surface area contributed by atoms with Crippen LogP contribution in [0.2, 0.25) is 5.02 Å². The van der Waals surface area contributed by atoms with Crippen LogP contribution in [0.1, 0.15) is 40.5 Å². The molecule has 1 heterocycles. The van der Waals surface area contributed by atoms with Crippen molar-refractivity contribution >= 4 is 40.8 Å². The van der Waals surface area contributed by atoms with E-state index in [1.807, 2.05) is 13.0 Å². The Morgan fingerprint density at radius 1 is 1.09 bits per heavy atom. The first-order valence-electron chi connectivity index (χ1n) is 10.6. The van der Waals surface area contributed by atoms with Gasteiger partial charge in [-0.05, 0) is 44.0 Å². The van der Waals surface area contributed by atoms with Crippen molar-refractivity contribution in [1.29, 1.82) is 0 Å². The lowest BCUT2D eigenvalue weighted by molar-refractivity contribution is -0.384. The maximum atomic E-state index is 13.4. The third-order valence-corrected chi connectivity index (χ3v) is 6.29. The fraction of sp³-hybridized carbons (Fsp3) is 0.250. The molecular weight excluding hydrogens is 462 g/mol. The first-order valence-corrected chi connectivity index (χ1v) is 10.9. The molecule has 0 N–H and O–H groups in total. The topological polar surface area (TPSA) is 118 Å². The van der Waals surface area contributed by atoms with Crippen LogP contribution in [0, 0.1) is 22.0 Å². The van der Waals surface area contributed by atoms with Gasteiger partial charge in [-0.2, -0.15) is 5.01 Å². The van der Waals surface area contributed by atoms with E-state index < -0.39 is 46.8 Å². The first-order chi connectivity index (χ1) is 16.2. The van der Waals surface area contributed by atoms with Crippen LogP contribution in [-0.4, -0.2) is 45.0 Å². The summed E-state index contributed by atoms with van der Waals surface area (Å²) in [5.74, 6) is -3.70.